The van der Waals surface area contributed by atoms with E-state index in [1.165, 1.54) is 16.8 Å². The van der Waals surface area contributed by atoms with Gasteiger partial charge < -0.3 is 19.9 Å². The number of nitrogens with one attached hydrogen (secondary N) is 1. The lowest BCUT2D eigenvalue weighted by atomic mass is 9.93. The highest BCUT2D eigenvalue weighted by Crippen LogP contribution is 2.39. The third-order valence-corrected chi connectivity index (χ3v) is 6.31. The van der Waals surface area contributed by atoms with E-state index in [0.29, 0.717) is 13.1 Å². The third kappa shape index (κ3) is 5.46. The van der Waals surface area contributed by atoms with Gasteiger partial charge in [-0.15, -0.1) is 0 Å². The van der Waals surface area contributed by atoms with Crippen molar-refractivity contribution in [2.24, 2.45) is 5.11 Å². The Balaban J connectivity index is 1.81. The lowest BCUT2D eigenvalue weighted by molar-refractivity contribution is 0.0138. The van der Waals surface area contributed by atoms with Gasteiger partial charge >= 0.3 is 6.09 Å². The van der Waals surface area contributed by atoms with Crippen molar-refractivity contribution in [1.82, 2.24) is 15.1 Å². The number of ether oxygens (including phenoxy) is 1. The number of carbonyl (C=O) groups is 1. The molecule has 0 aromatic heterocycles. The van der Waals surface area contributed by atoms with Crippen LogP contribution in [0.5, 0.6) is 0 Å². The summed E-state index contributed by atoms with van der Waals surface area (Å²) in [5, 5.41) is 7.48. The van der Waals surface area contributed by atoms with E-state index in [-0.39, 0.29) is 6.09 Å². The molecule has 2 heterocycles. The molecular weight excluding hydrogens is 406 g/mol. The second-order valence-electron chi connectivity index (χ2n) is 9.72. The molecule has 0 saturated carbocycles. The first-order chi connectivity index (χ1) is 15.1. The zero-order valence-corrected chi connectivity index (χ0v) is 20.4. The molecule has 2 aliphatic heterocycles. The summed E-state index contributed by atoms with van der Waals surface area (Å²) in [5.41, 5.74) is 15.2. The topological polar surface area (TPSA) is 96.8 Å². The Labute approximate surface area is 191 Å². The summed E-state index contributed by atoms with van der Waals surface area (Å²) in [6.45, 7) is 19.4. The van der Waals surface area contributed by atoms with Crippen LogP contribution in [0.3, 0.4) is 0 Å². The molecule has 1 aromatic carbocycles. The molecule has 9 nitrogen and oxygen atoms in total. The predicted octanol–water partition coefficient (Wildman–Crippen LogP) is 4.02. The van der Waals surface area contributed by atoms with Gasteiger partial charge in [-0.2, -0.15) is 0 Å². The fourth-order valence-electron chi connectivity index (χ4n) is 4.68. The van der Waals surface area contributed by atoms with Crippen LogP contribution < -0.4 is 10.2 Å². The van der Waals surface area contributed by atoms with Gasteiger partial charge in [-0.1, -0.05) is 5.11 Å². The summed E-state index contributed by atoms with van der Waals surface area (Å²) >= 11 is 0. The summed E-state index contributed by atoms with van der Waals surface area (Å²) in [7, 11) is 0. The first-order valence-electron chi connectivity index (χ1n) is 11.5. The van der Waals surface area contributed by atoms with Crippen LogP contribution in [-0.2, 0) is 11.3 Å². The van der Waals surface area contributed by atoms with E-state index in [1.807, 2.05) is 20.8 Å². The molecule has 3 rings (SSSR count). The number of hydrogen-bond acceptors (Lipinski definition) is 6. The van der Waals surface area contributed by atoms with Crippen LogP contribution in [0.2, 0.25) is 0 Å². The minimum atomic E-state index is -0.484. The molecule has 0 spiro atoms. The van der Waals surface area contributed by atoms with E-state index < -0.39 is 5.60 Å². The van der Waals surface area contributed by atoms with Gasteiger partial charge in [0.05, 0.1) is 0 Å². The van der Waals surface area contributed by atoms with Gasteiger partial charge in [0, 0.05) is 75.2 Å². The van der Waals surface area contributed by atoms with E-state index in [1.54, 1.807) is 4.90 Å². The van der Waals surface area contributed by atoms with Gasteiger partial charge in [-0.3, -0.25) is 4.90 Å². The molecule has 0 aliphatic carbocycles. The molecule has 2 fully saturated rings. The lowest BCUT2D eigenvalue weighted by Crippen LogP contribution is -2.49. The molecule has 176 valence electrons. The number of rotatable bonds is 4. The van der Waals surface area contributed by atoms with E-state index in [0.717, 1.165) is 62.6 Å². The number of hydrogen-bond donors (Lipinski definition) is 1. The van der Waals surface area contributed by atoms with Crippen molar-refractivity contribution >= 4 is 17.5 Å². The maximum absolute atomic E-state index is 12.4. The van der Waals surface area contributed by atoms with E-state index in [4.69, 9.17) is 4.74 Å². The Bertz CT molecular complexity index is 889. The van der Waals surface area contributed by atoms with Crippen molar-refractivity contribution in [3.8, 4) is 0 Å². The minimum absolute atomic E-state index is 0.244. The molecule has 0 unspecified atom stereocenters. The lowest BCUT2D eigenvalue weighted by Gasteiger charge is -2.37. The highest BCUT2D eigenvalue weighted by atomic mass is 16.6. The number of amides is 1. The highest BCUT2D eigenvalue weighted by Gasteiger charge is 2.28. The summed E-state index contributed by atoms with van der Waals surface area (Å²) in [5.74, 6) is 0. The van der Waals surface area contributed by atoms with Gasteiger partial charge in [0.1, 0.15) is 5.60 Å². The van der Waals surface area contributed by atoms with Crippen molar-refractivity contribution in [2.75, 3.05) is 57.3 Å². The van der Waals surface area contributed by atoms with Gasteiger partial charge in [0.2, 0.25) is 0 Å². The number of piperazine rings is 2. The van der Waals surface area contributed by atoms with Crippen molar-refractivity contribution in [3.63, 3.8) is 0 Å². The maximum Gasteiger partial charge on any atom is 0.410 e. The molecule has 2 aliphatic rings. The van der Waals surface area contributed by atoms with Crippen LogP contribution in [0.25, 0.3) is 10.4 Å². The van der Waals surface area contributed by atoms with E-state index in [2.05, 4.69) is 45.9 Å². The van der Waals surface area contributed by atoms with Crippen LogP contribution in [0.1, 0.15) is 43.0 Å². The normalized spacial score (nSPS) is 17.8. The Morgan fingerprint density at radius 3 is 2.22 bits per heavy atom. The van der Waals surface area contributed by atoms with Crippen LogP contribution in [0.15, 0.2) is 5.11 Å². The van der Waals surface area contributed by atoms with Gasteiger partial charge in [0.25, 0.3) is 0 Å². The second kappa shape index (κ2) is 9.98. The summed E-state index contributed by atoms with van der Waals surface area (Å²) in [6.07, 6.45) is -0.244. The Hall–Kier alpha value is -2.48. The second-order valence-corrected chi connectivity index (χ2v) is 9.72. The third-order valence-electron chi connectivity index (χ3n) is 6.31. The fourth-order valence-corrected chi connectivity index (χ4v) is 4.68. The molecule has 1 N–H and O–H groups in total. The van der Waals surface area contributed by atoms with Gasteiger partial charge in [-0.25, -0.2) is 4.79 Å². The molecule has 0 radical (unpaired) electrons. The smallest absolute Gasteiger partial charge is 0.410 e. The van der Waals surface area contributed by atoms with E-state index >= 15 is 0 Å². The maximum atomic E-state index is 12.4. The summed E-state index contributed by atoms with van der Waals surface area (Å²) < 4.78 is 5.52. The number of nitrogens with zero attached hydrogens (tertiary/aromatic N) is 6. The number of benzene rings is 1. The van der Waals surface area contributed by atoms with Gasteiger partial charge in [-0.05, 0) is 69.3 Å². The average Bonchev–Trinajstić information content (AvgIpc) is 2.74. The standard InChI is InChI=1S/C23H37N7O2/c1-16-19(15-28-11-13-30(14-12-28)22(31)32-23(4,5)6)17(2)21(18(3)20(16)26-27-24)29-9-7-25-8-10-29/h25H,7-15H2,1-6H3. The molecule has 0 atom stereocenters. The van der Waals surface area contributed by atoms with Crippen molar-refractivity contribution in [1.29, 1.82) is 0 Å². The zero-order chi connectivity index (χ0) is 23.5. The monoisotopic (exact) mass is 443 g/mol. The largest absolute Gasteiger partial charge is 0.444 e. The average molecular weight is 444 g/mol. The molecule has 9 heteroatoms. The molecule has 32 heavy (non-hydrogen) atoms. The molecule has 1 aromatic rings. The minimum Gasteiger partial charge on any atom is -0.444 e. The van der Waals surface area contributed by atoms with Crippen molar-refractivity contribution in [2.45, 2.75) is 53.7 Å². The van der Waals surface area contributed by atoms with Crippen molar-refractivity contribution in [3.05, 3.63) is 32.7 Å². The van der Waals surface area contributed by atoms with Gasteiger partial charge in [0.15, 0.2) is 0 Å². The van der Waals surface area contributed by atoms with Crippen LogP contribution in [0.4, 0.5) is 16.2 Å². The molecule has 2 saturated heterocycles. The SMILES string of the molecule is Cc1c(CN2CCN(C(=O)OC(C)(C)C)CC2)c(C)c(N2CCNCC2)c(C)c1N=[N+]=[N-]. The highest BCUT2D eigenvalue weighted by molar-refractivity contribution is 5.74. The Kier molecular flexibility index (Phi) is 7.54. The Morgan fingerprint density at radius 1 is 1.03 bits per heavy atom. The molecule has 0 bridgehead atoms. The van der Waals surface area contributed by atoms with Crippen LogP contribution in [-0.4, -0.2) is 73.9 Å². The van der Waals surface area contributed by atoms with Crippen molar-refractivity contribution < 1.29 is 9.53 Å². The predicted molar refractivity (Wildman–Crippen MR) is 128 cm³/mol. The number of carbonyl (C=O) groups excluding carboxylic acids is 1. The zero-order valence-electron chi connectivity index (χ0n) is 20.4. The summed E-state index contributed by atoms with van der Waals surface area (Å²) in [6, 6.07) is 0. The van der Waals surface area contributed by atoms with Crippen LogP contribution in [0, 0.1) is 20.8 Å². The van der Waals surface area contributed by atoms with Crippen LogP contribution >= 0.6 is 0 Å². The quantitative estimate of drug-likeness (QED) is 0.431. The first-order valence-corrected chi connectivity index (χ1v) is 11.5. The summed E-state index contributed by atoms with van der Waals surface area (Å²) in [4.78, 5) is 22.1. The first kappa shape index (κ1) is 24.2. The fraction of sp³-hybridized carbons (Fsp3) is 0.696. The number of anilines is 1. The molecule has 1 amide bonds. The number of azide groups is 1. The Morgan fingerprint density at radius 2 is 1.66 bits per heavy atom. The van der Waals surface area contributed by atoms with E-state index in [9.17, 15) is 10.3 Å². The molecular formula is C23H37N7O2.